The molecule has 0 bridgehead atoms. The van der Waals surface area contributed by atoms with Crippen molar-refractivity contribution < 1.29 is 24.3 Å². The molecule has 0 aliphatic rings. The normalized spacial score (nSPS) is 11.8. The highest BCUT2D eigenvalue weighted by Crippen LogP contribution is 2.30. The van der Waals surface area contributed by atoms with Gasteiger partial charge < -0.3 is 14.7 Å². The minimum Gasteiger partial charge on any atom is -0.497 e. The summed E-state index contributed by atoms with van der Waals surface area (Å²) < 4.78 is 7.05. The molecule has 0 fully saturated rings. The molecule has 1 N–H and O–H groups in total. The van der Waals surface area contributed by atoms with E-state index in [1.54, 1.807) is 42.9 Å². The largest absolute Gasteiger partial charge is 0.497 e. The summed E-state index contributed by atoms with van der Waals surface area (Å²) in [5.41, 5.74) is 3.46. The molecule has 1 heterocycles. The molecule has 2 aromatic carbocycles. The second-order valence-electron chi connectivity index (χ2n) is 7.08. The molecule has 7 nitrogen and oxygen atoms in total. The number of rotatable bonds is 8. The topological polar surface area (TPSA) is 90.1 Å². The van der Waals surface area contributed by atoms with E-state index in [0.717, 1.165) is 28.2 Å². The number of carbonyl (C=O) groups is 2. The molecule has 0 saturated heterocycles. The van der Waals surface area contributed by atoms with E-state index in [1.807, 2.05) is 25.1 Å². The number of aliphatic carboxylic acids is 1. The number of halogens is 1. The number of nitrogens with zero attached hydrogens (tertiary/aromatic N) is 2. The Balaban J connectivity index is 1.93. The number of aromatic nitrogens is 1. The van der Waals surface area contributed by atoms with E-state index in [9.17, 15) is 9.59 Å². The summed E-state index contributed by atoms with van der Waals surface area (Å²) in [4.78, 5) is 29.2. The van der Waals surface area contributed by atoms with E-state index >= 15 is 0 Å². The molecule has 0 aliphatic carbocycles. The Morgan fingerprint density at radius 1 is 1.16 bits per heavy atom. The highest BCUT2D eigenvalue weighted by molar-refractivity contribution is 6.30. The fraction of sp³-hybridized carbons (Fsp3) is 0.208. The van der Waals surface area contributed by atoms with Crippen molar-refractivity contribution in [2.24, 2.45) is 5.16 Å². The van der Waals surface area contributed by atoms with Gasteiger partial charge in [-0.05, 0) is 68.0 Å². The first-order valence-electron chi connectivity index (χ1n) is 9.87. The van der Waals surface area contributed by atoms with Gasteiger partial charge in [0.25, 0.3) is 5.91 Å². The number of ether oxygens (including phenoxy) is 1. The number of carboxylic acid groups (broad SMARTS) is 1. The third-order valence-electron chi connectivity index (χ3n) is 4.96. The van der Waals surface area contributed by atoms with E-state index < -0.39 is 5.97 Å². The molecule has 8 heteroatoms. The number of oxime groups is 1. The quantitative estimate of drug-likeness (QED) is 0.227. The second kappa shape index (κ2) is 10.2. The van der Waals surface area contributed by atoms with Gasteiger partial charge in [0, 0.05) is 34.2 Å². The second-order valence-corrected chi connectivity index (χ2v) is 7.52. The molecular weight excluding hydrogens is 432 g/mol. The van der Waals surface area contributed by atoms with Crippen LogP contribution in [0.1, 0.15) is 28.5 Å². The lowest BCUT2D eigenvalue weighted by molar-refractivity contribution is -0.131. The first kappa shape index (κ1) is 23.1. The molecule has 1 aromatic heterocycles. The van der Waals surface area contributed by atoms with Gasteiger partial charge in [-0.25, -0.2) is 4.79 Å². The van der Waals surface area contributed by atoms with Gasteiger partial charge in [-0.3, -0.25) is 9.36 Å². The Kier molecular flexibility index (Phi) is 7.33. The fourth-order valence-corrected chi connectivity index (χ4v) is 3.53. The number of hydrogen-bond acceptors (Lipinski definition) is 5. The molecule has 0 atom stereocenters. The summed E-state index contributed by atoms with van der Waals surface area (Å²) in [5, 5.41) is 14.0. The minimum absolute atomic E-state index is 0.158. The summed E-state index contributed by atoms with van der Waals surface area (Å²) in [6, 6.07) is 12.3. The Morgan fingerprint density at radius 2 is 1.88 bits per heavy atom. The molecule has 0 unspecified atom stereocenters. The van der Waals surface area contributed by atoms with Crippen LogP contribution in [-0.2, 0) is 16.1 Å². The highest BCUT2D eigenvalue weighted by Gasteiger charge is 2.20. The molecule has 0 spiro atoms. The molecule has 3 rings (SSSR count). The predicted molar refractivity (Wildman–Crippen MR) is 124 cm³/mol. The van der Waals surface area contributed by atoms with Gasteiger partial charge in [0.15, 0.2) is 0 Å². The lowest BCUT2D eigenvalue weighted by atomic mass is 10.1. The van der Waals surface area contributed by atoms with Crippen LogP contribution in [0, 0.1) is 6.92 Å². The van der Waals surface area contributed by atoms with Crippen LogP contribution < -0.4 is 4.74 Å². The number of methoxy groups -OCH3 is 1. The number of hydrogen-bond donors (Lipinski definition) is 1. The molecular formula is C24H23ClN2O5. The first-order valence-corrected chi connectivity index (χ1v) is 10.3. The van der Waals surface area contributed by atoms with E-state index in [1.165, 1.54) is 6.08 Å². The van der Waals surface area contributed by atoms with Gasteiger partial charge in [0.05, 0.1) is 18.3 Å². The van der Waals surface area contributed by atoms with Crippen molar-refractivity contribution in [3.63, 3.8) is 0 Å². The van der Waals surface area contributed by atoms with Crippen molar-refractivity contribution in [2.75, 3.05) is 13.7 Å². The zero-order valence-electron chi connectivity index (χ0n) is 18.0. The van der Waals surface area contributed by atoms with Gasteiger partial charge in [-0.15, -0.1) is 0 Å². The van der Waals surface area contributed by atoms with Crippen molar-refractivity contribution >= 4 is 40.1 Å². The molecule has 32 heavy (non-hydrogen) atoms. The molecule has 166 valence electrons. The van der Waals surface area contributed by atoms with Crippen LogP contribution in [0.3, 0.4) is 0 Å². The Morgan fingerprint density at radius 3 is 2.53 bits per heavy atom. The van der Waals surface area contributed by atoms with E-state index in [2.05, 4.69) is 5.16 Å². The Bertz CT molecular complexity index is 1210. The predicted octanol–water partition coefficient (Wildman–Crippen LogP) is 4.88. The smallest absolute Gasteiger partial charge is 0.328 e. The lowest BCUT2D eigenvalue weighted by Crippen LogP contribution is -2.13. The summed E-state index contributed by atoms with van der Waals surface area (Å²) in [6.45, 7) is 3.79. The van der Waals surface area contributed by atoms with Crippen molar-refractivity contribution in [1.82, 2.24) is 4.57 Å². The Hall–Kier alpha value is -3.58. The van der Waals surface area contributed by atoms with E-state index in [-0.39, 0.29) is 12.5 Å². The van der Waals surface area contributed by atoms with Gasteiger partial charge in [0.2, 0.25) is 0 Å². The van der Waals surface area contributed by atoms with Gasteiger partial charge >= 0.3 is 5.97 Å². The van der Waals surface area contributed by atoms with Crippen LogP contribution in [0.25, 0.3) is 10.9 Å². The number of carbonyl (C=O) groups excluding carboxylic acids is 1. The summed E-state index contributed by atoms with van der Waals surface area (Å²) in [7, 11) is 1.59. The average molecular weight is 455 g/mol. The van der Waals surface area contributed by atoms with Crippen LogP contribution in [0.2, 0.25) is 5.02 Å². The SMILES string of the molecule is COc1ccc2c(c1)c(CCO/N=C(C)/C=C/C(=O)O)c(C)n2C(=O)c1ccc(Cl)cc1. The van der Waals surface area contributed by atoms with Gasteiger partial charge in [-0.2, -0.15) is 0 Å². The van der Waals surface area contributed by atoms with Crippen molar-refractivity contribution in [2.45, 2.75) is 20.3 Å². The Labute approximate surface area is 190 Å². The summed E-state index contributed by atoms with van der Waals surface area (Å²) in [5.74, 6) is -0.528. The van der Waals surface area contributed by atoms with Crippen molar-refractivity contribution in [1.29, 1.82) is 0 Å². The van der Waals surface area contributed by atoms with Crippen LogP contribution in [0.5, 0.6) is 5.75 Å². The number of fused-ring (bicyclic) bond motifs is 1. The molecule has 0 aliphatic heterocycles. The third kappa shape index (κ3) is 5.18. The standard InChI is InChI=1S/C24H23ClN2O5/c1-15(4-11-23(28)29)26-32-13-12-20-16(2)27(22-10-9-19(31-3)14-21(20)22)24(30)17-5-7-18(25)8-6-17/h4-11,14H,12-13H2,1-3H3,(H,28,29)/b11-4+,26-15+. The van der Waals surface area contributed by atoms with Gasteiger partial charge in [-0.1, -0.05) is 16.8 Å². The first-order chi connectivity index (χ1) is 15.3. The maximum Gasteiger partial charge on any atom is 0.328 e. The fourth-order valence-electron chi connectivity index (χ4n) is 3.41. The summed E-state index contributed by atoms with van der Waals surface area (Å²) >= 11 is 5.96. The van der Waals surface area contributed by atoms with Crippen LogP contribution in [0.15, 0.2) is 59.8 Å². The van der Waals surface area contributed by atoms with E-state index in [0.29, 0.717) is 28.5 Å². The van der Waals surface area contributed by atoms with Crippen LogP contribution in [0.4, 0.5) is 0 Å². The summed E-state index contributed by atoms with van der Waals surface area (Å²) in [6.07, 6.45) is 2.85. The molecule has 0 amide bonds. The van der Waals surface area contributed by atoms with Gasteiger partial charge in [0.1, 0.15) is 12.4 Å². The maximum absolute atomic E-state index is 13.3. The zero-order valence-corrected chi connectivity index (χ0v) is 18.7. The maximum atomic E-state index is 13.3. The number of benzene rings is 2. The number of carboxylic acids is 1. The van der Waals surface area contributed by atoms with Crippen molar-refractivity contribution in [3.8, 4) is 5.75 Å². The van der Waals surface area contributed by atoms with Crippen LogP contribution >= 0.6 is 11.6 Å². The van der Waals surface area contributed by atoms with Crippen molar-refractivity contribution in [3.05, 3.63) is 76.5 Å². The third-order valence-corrected chi connectivity index (χ3v) is 5.21. The minimum atomic E-state index is -1.05. The van der Waals surface area contributed by atoms with E-state index in [4.69, 9.17) is 26.3 Å². The molecule has 3 aromatic rings. The molecule has 0 saturated carbocycles. The highest BCUT2D eigenvalue weighted by atomic mass is 35.5. The number of allylic oxidation sites excluding steroid dienone is 1. The van der Waals surface area contributed by atoms with Crippen LogP contribution in [-0.4, -0.2) is 41.0 Å². The monoisotopic (exact) mass is 454 g/mol. The zero-order chi connectivity index (χ0) is 23.3. The average Bonchev–Trinajstić information content (AvgIpc) is 3.05. The molecule has 0 radical (unpaired) electrons. The lowest BCUT2D eigenvalue weighted by Gasteiger charge is -2.08.